The lowest BCUT2D eigenvalue weighted by Gasteiger charge is -2.34. The van der Waals surface area contributed by atoms with E-state index in [1.165, 1.54) is 17.8 Å². The van der Waals surface area contributed by atoms with Crippen molar-refractivity contribution in [3.63, 3.8) is 0 Å². The predicted molar refractivity (Wildman–Crippen MR) is 130 cm³/mol. The number of nitrogens with one attached hydrogen (secondary N) is 3. The van der Waals surface area contributed by atoms with Gasteiger partial charge in [0.15, 0.2) is 17.2 Å². The molecule has 0 spiro atoms. The Labute approximate surface area is 206 Å². The summed E-state index contributed by atoms with van der Waals surface area (Å²) in [6.07, 6.45) is 3.53. The van der Waals surface area contributed by atoms with Gasteiger partial charge in [-0.1, -0.05) is 11.6 Å². The molecule has 3 N–H and O–H groups in total. The number of amides is 1. The van der Waals surface area contributed by atoms with Crippen LogP contribution < -0.4 is 20.9 Å². The minimum absolute atomic E-state index is 0.122. The van der Waals surface area contributed by atoms with Crippen molar-refractivity contribution in [3.8, 4) is 12.1 Å². The first kappa shape index (κ1) is 23.9. The molecule has 1 aliphatic rings. The number of anilines is 4. The quantitative estimate of drug-likeness (QED) is 0.466. The van der Waals surface area contributed by atoms with Crippen LogP contribution in [0.15, 0.2) is 18.3 Å². The van der Waals surface area contributed by atoms with Crippen molar-refractivity contribution in [2.45, 2.75) is 19.4 Å². The van der Waals surface area contributed by atoms with Crippen molar-refractivity contribution in [3.05, 3.63) is 41.0 Å². The Bertz CT molecular complexity index is 1330. The molecule has 179 valence electrons. The number of alkyl carbamates (subject to hydrolysis) is 1. The van der Waals surface area contributed by atoms with Crippen LogP contribution in [-0.2, 0) is 4.74 Å². The average molecular weight is 494 g/mol. The van der Waals surface area contributed by atoms with Crippen molar-refractivity contribution in [2.24, 2.45) is 0 Å². The summed E-state index contributed by atoms with van der Waals surface area (Å²) in [5, 5.41) is 32.7. The summed E-state index contributed by atoms with van der Waals surface area (Å²) in [4.78, 5) is 22.2. The first-order valence-electron chi connectivity index (χ1n) is 10.8. The molecule has 13 heteroatoms. The lowest BCUT2D eigenvalue weighted by atomic mass is 10.0. The van der Waals surface area contributed by atoms with Gasteiger partial charge >= 0.3 is 6.09 Å². The second-order valence-corrected chi connectivity index (χ2v) is 7.99. The van der Waals surface area contributed by atoms with Gasteiger partial charge in [-0.3, -0.25) is 0 Å². The molecule has 2 aromatic heterocycles. The molecular weight excluding hydrogens is 472 g/mol. The van der Waals surface area contributed by atoms with Crippen LogP contribution in [0.25, 0.3) is 5.65 Å². The second kappa shape index (κ2) is 10.3. The highest BCUT2D eigenvalue weighted by atomic mass is 35.5. The molecule has 12 nitrogen and oxygen atoms in total. The number of fused-ring (bicyclic) bond motifs is 1. The van der Waals surface area contributed by atoms with Gasteiger partial charge in [0.2, 0.25) is 5.95 Å². The topological polar surface area (TPSA) is 156 Å². The molecule has 3 aromatic rings. The van der Waals surface area contributed by atoms with Gasteiger partial charge in [-0.25, -0.2) is 9.78 Å². The number of halogens is 1. The second-order valence-electron chi connectivity index (χ2n) is 7.61. The molecule has 0 saturated carbocycles. The van der Waals surface area contributed by atoms with Gasteiger partial charge in [-0.2, -0.15) is 20.0 Å². The molecule has 0 unspecified atom stereocenters. The first-order valence-corrected chi connectivity index (χ1v) is 11.2. The summed E-state index contributed by atoms with van der Waals surface area (Å²) in [7, 11) is 1.32. The van der Waals surface area contributed by atoms with Crippen molar-refractivity contribution >= 4 is 46.5 Å². The maximum atomic E-state index is 11.5. The molecule has 1 fully saturated rings. The van der Waals surface area contributed by atoms with Crippen molar-refractivity contribution in [2.75, 3.05) is 42.3 Å². The minimum atomic E-state index is -0.484. The Morgan fingerprint density at radius 1 is 1.34 bits per heavy atom. The number of benzene rings is 1. The van der Waals surface area contributed by atoms with Gasteiger partial charge in [0, 0.05) is 32.1 Å². The molecule has 1 saturated heterocycles. The van der Waals surface area contributed by atoms with Crippen LogP contribution in [0, 0.1) is 29.1 Å². The van der Waals surface area contributed by atoms with E-state index in [0.717, 1.165) is 0 Å². The molecule has 4 rings (SSSR count). The predicted octanol–water partition coefficient (Wildman–Crippen LogP) is 2.84. The maximum absolute atomic E-state index is 11.5. The molecule has 0 bridgehead atoms. The highest BCUT2D eigenvalue weighted by Crippen LogP contribution is 2.37. The minimum Gasteiger partial charge on any atom is -0.453 e. The fourth-order valence-electron chi connectivity index (χ4n) is 3.73. The number of carbonyl (C=O) groups excluding carboxylic acids is 1. The van der Waals surface area contributed by atoms with Crippen LogP contribution >= 0.6 is 11.6 Å². The maximum Gasteiger partial charge on any atom is 0.407 e. The zero-order valence-corrected chi connectivity index (χ0v) is 19.8. The largest absolute Gasteiger partial charge is 0.453 e. The van der Waals surface area contributed by atoms with Crippen molar-refractivity contribution in [1.29, 1.82) is 10.5 Å². The Balaban J connectivity index is 1.64. The monoisotopic (exact) mass is 493 g/mol. The fraction of sp³-hybridized carbons (Fsp3) is 0.318. The highest BCUT2D eigenvalue weighted by Gasteiger charge is 2.24. The van der Waals surface area contributed by atoms with E-state index in [1.54, 1.807) is 12.1 Å². The van der Waals surface area contributed by atoms with Crippen LogP contribution in [0.4, 0.5) is 27.9 Å². The summed E-state index contributed by atoms with van der Waals surface area (Å²) >= 11 is 6.76. The molecule has 1 atom stereocenters. The Morgan fingerprint density at radius 3 is 2.83 bits per heavy atom. The fourth-order valence-corrected chi connectivity index (χ4v) is 4.01. The number of aromatic nitrogens is 4. The van der Waals surface area contributed by atoms with Gasteiger partial charge in [-0.05, 0) is 25.5 Å². The number of nitriles is 2. The van der Waals surface area contributed by atoms with Gasteiger partial charge < -0.3 is 25.6 Å². The SMILES string of the molecule is CCNc1nc(Nc2cc(C#N)cc(N3C[CH][C@@H](NC(=O)OC)CC3)c2Cl)nn2c(C#N)cnc12. The van der Waals surface area contributed by atoms with Gasteiger partial charge in [0.05, 0.1) is 41.3 Å². The number of hydrogen-bond donors (Lipinski definition) is 3. The lowest BCUT2D eigenvalue weighted by molar-refractivity contribution is 0.167. The van der Waals surface area contributed by atoms with Gasteiger partial charge in [0.25, 0.3) is 0 Å². The van der Waals surface area contributed by atoms with E-state index < -0.39 is 6.09 Å². The van der Waals surface area contributed by atoms with Gasteiger partial charge in [0.1, 0.15) is 6.07 Å². The highest BCUT2D eigenvalue weighted by molar-refractivity contribution is 6.36. The van der Waals surface area contributed by atoms with E-state index in [2.05, 4.69) is 47.9 Å². The number of hydrogen-bond acceptors (Lipinski definition) is 10. The standard InChI is InChI=1S/C22H22ClN10O2/c1-3-26-19-20-27-12-15(11-25)33(20)31-21(30-19)29-16-8-13(10-24)9-17(18(16)23)32-6-4-14(5-7-32)28-22(34)35-2/h4,8-9,12,14H,3,5-7H2,1-2H3,(H,28,34)(H2,26,29,30,31)/t14-/m1/s1. The third-order valence-corrected chi connectivity index (χ3v) is 5.80. The summed E-state index contributed by atoms with van der Waals surface area (Å²) in [5.74, 6) is 0.632. The third kappa shape index (κ3) is 4.98. The normalized spacial score (nSPS) is 13.7. The van der Waals surface area contributed by atoms with Crippen LogP contribution in [0.2, 0.25) is 5.02 Å². The number of ether oxygens (including phenoxy) is 1. The van der Waals surface area contributed by atoms with Crippen molar-refractivity contribution < 1.29 is 9.53 Å². The zero-order valence-electron chi connectivity index (χ0n) is 19.0. The molecule has 35 heavy (non-hydrogen) atoms. The average Bonchev–Trinajstić information content (AvgIpc) is 3.29. The molecular formula is C22H22ClN10O2. The van der Waals surface area contributed by atoms with E-state index in [1.807, 2.05) is 18.2 Å². The molecule has 1 aromatic carbocycles. The Kier molecular flexibility index (Phi) is 7.03. The number of nitrogens with zero attached hydrogens (tertiary/aromatic N) is 7. The van der Waals surface area contributed by atoms with E-state index in [0.29, 0.717) is 59.5 Å². The number of methoxy groups -OCH3 is 1. The molecule has 1 radical (unpaired) electrons. The molecule has 0 aliphatic carbocycles. The number of imidazole rings is 1. The summed E-state index contributed by atoms with van der Waals surface area (Å²) in [6.45, 7) is 3.62. The van der Waals surface area contributed by atoms with Crippen LogP contribution in [0.5, 0.6) is 0 Å². The van der Waals surface area contributed by atoms with Crippen LogP contribution in [0.3, 0.4) is 0 Å². The number of rotatable bonds is 6. The van der Waals surface area contributed by atoms with E-state index in [4.69, 9.17) is 11.6 Å². The smallest absolute Gasteiger partial charge is 0.407 e. The molecule has 1 aliphatic heterocycles. The summed E-state index contributed by atoms with van der Waals surface area (Å²) < 4.78 is 6.05. The Morgan fingerprint density at radius 2 is 2.17 bits per heavy atom. The summed E-state index contributed by atoms with van der Waals surface area (Å²) in [6, 6.07) is 7.42. The van der Waals surface area contributed by atoms with Crippen molar-refractivity contribution in [1.82, 2.24) is 24.9 Å². The number of piperidine rings is 1. The lowest BCUT2D eigenvalue weighted by Crippen LogP contribution is -2.45. The van der Waals surface area contributed by atoms with E-state index >= 15 is 0 Å². The summed E-state index contributed by atoms with van der Waals surface area (Å²) in [5.41, 5.74) is 2.17. The first-order chi connectivity index (χ1) is 17.0. The van der Waals surface area contributed by atoms with E-state index in [-0.39, 0.29) is 17.7 Å². The molecule has 3 heterocycles. The van der Waals surface area contributed by atoms with Crippen LogP contribution in [-0.4, -0.2) is 58.5 Å². The number of carbonyl (C=O) groups is 1. The van der Waals surface area contributed by atoms with Crippen LogP contribution in [0.1, 0.15) is 24.6 Å². The molecule has 1 amide bonds. The zero-order chi connectivity index (χ0) is 24.9. The Hall–Kier alpha value is -4.29. The van der Waals surface area contributed by atoms with Gasteiger partial charge in [-0.15, -0.1) is 5.10 Å². The van der Waals surface area contributed by atoms with E-state index in [9.17, 15) is 15.3 Å². The third-order valence-electron chi connectivity index (χ3n) is 5.40.